The van der Waals surface area contributed by atoms with Gasteiger partial charge in [-0.1, -0.05) is 0 Å². The molecule has 2 atom stereocenters. The molecule has 1 unspecified atom stereocenters. The highest BCUT2D eigenvalue weighted by atomic mass is 19.4. The van der Waals surface area contributed by atoms with Gasteiger partial charge in [-0.3, -0.25) is 34.8 Å². The van der Waals surface area contributed by atoms with Crippen LogP contribution in [0, 0.1) is 5.92 Å². The van der Waals surface area contributed by atoms with Crippen molar-refractivity contribution >= 4 is 29.5 Å². The molecule has 0 aliphatic carbocycles. The maximum atomic E-state index is 12.4. The van der Waals surface area contributed by atoms with Gasteiger partial charge in [0.2, 0.25) is 11.8 Å². The van der Waals surface area contributed by atoms with Gasteiger partial charge in [0, 0.05) is 13.0 Å². The number of carboxylic acid groups (broad SMARTS) is 1. The molecule has 158 valence electrons. The van der Waals surface area contributed by atoms with Crippen molar-refractivity contribution in [1.29, 1.82) is 0 Å². The second-order valence-corrected chi connectivity index (χ2v) is 6.76. The van der Waals surface area contributed by atoms with Crippen molar-refractivity contribution in [2.45, 2.75) is 38.7 Å². The van der Waals surface area contributed by atoms with E-state index in [1.165, 1.54) is 21.4 Å². The minimum absolute atomic E-state index is 0.00584. The number of carbonyl (C=O) groups is 4. The summed E-state index contributed by atoms with van der Waals surface area (Å²) in [6.45, 7) is 1.86. The fourth-order valence-electron chi connectivity index (χ4n) is 3.28. The van der Waals surface area contributed by atoms with E-state index in [-0.39, 0.29) is 32.1 Å². The monoisotopic (exact) mass is 418 g/mol. The van der Waals surface area contributed by atoms with Gasteiger partial charge in [0.05, 0.1) is 42.6 Å². The van der Waals surface area contributed by atoms with Crippen LogP contribution in [0.1, 0.15) is 19.0 Å². The van der Waals surface area contributed by atoms with Crippen molar-refractivity contribution in [3.8, 4) is 0 Å². The first-order valence-electron chi connectivity index (χ1n) is 8.50. The minimum Gasteiger partial charge on any atom is -0.465 e. The number of rotatable bonds is 2. The van der Waals surface area contributed by atoms with E-state index in [1.807, 2.05) is 0 Å². The Morgan fingerprint density at radius 2 is 1.93 bits per heavy atom. The lowest BCUT2D eigenvalue weighted by Crippen LogP contribution is -2.49. The Labute approximate surface area is 161 Å². The Morgan fingerprint density at radius 1 is 1.24 bits per heavy atom. The number of hydrazine groups is 1. The summed E-state index contributed by atoms with van der Waals surface area (Å²) in [5.41, 5.74) is 3.73. The maximum absolute atomic E-state index is 12.4. The number of fused-ring (bicyclic) bond motifs is 1. The molecule has 4 amide bonds. The molecule has 3 heterocycles. The number of halogens is 3. The Morgan fingerprint density at radius 3 is 2.55 bits per heavy atom. The lowest BCUT2D eigenvalue weighted by Gasteiger charge is -2.32. The third-order valence-corrected chi connectivity index (χ3v) is 4.80. The number of hydrogen-bond donors (Lipinski definition) is 3. The summed E-state index contributed by atoms with van der Waals surface area (Å²) in [5.74, 6) is -4.74. The van der Waals surface area contributed by atoms with Crippen molar-refractivity contribution in [2.75, 3.05) is 11.4 Å². The lowest BCUT2D eigenvalue weighted by atomic mass is 10.1. The molecule has 1 saturated heterocycles. The van der Waals surface area contributed by atoms with Gasteiger partial charge in [0.15, 0.2) is 0 Å². The van der Waals surface area contributed by atoms with Crippen LogP contribution < -0.4 is 15.8 Å². The van der Waals surface area contributed by atoms with Crippen molar-refractivity contribution in [3.63, 3.8) is 0 Å². The number of carbonyl (C=O) groups excluding carboxylic acids is 3. The van der Waals surface area contributed by atoms with Crippen LogP contribution in [0.4, 0.5) is 23.7 Å². The summed E-state index contributed by atoms with van der Waals surface area (Å²) in [6, 6.07) is -0.321. The number of hydrogen-bond acceptors (Lipinski definition) is 5. The predicted molar refractivity (Wildman–Crippen MR) is 88.1 cm³/mol. The molecule has 0 aromatic carbocycles. The molecule has 2 aliphatic rings. The Hall–Kier alpha value is -3.32. The van der Waals surface area contributed by atoms with E-state index in [0.717, 1.165) is 0 Å². The van der Waals surface area contributed by atoms with E-state index in [2.05, 4.69) is 5.10 Å². The highest BCUT2D eigenvalue weighted by molar-refractivity contribution is 6.01. The van der Waals surface area contributed by atoms with Gasteiger partial charge in [0.25, 0.3) is 0 Å². The molecular formula is C15H17F3N6O5. The second kappa shape index (κ2) is 7.25. The zero-order valence-corrected chi connectivity index (χ0v) is 15.1. The van der Waals surface area contributed by atoms with Crippen LogP contribution in [0.25, 0.3) is 0 Å². The van der Waals surface area contributed by atoms with Gasteiger partial charge in [-0.05, 0) is 6.92 Å². The molecule has 1 fully saturated rings. The van der Waals surface area contributed by atoms with Crippen molar-refractivity contribution in [3.05, 3.63) is 11.9 Å². The first kappa shape index (κ1) is 20.4. The predicted octanol–water partition coefficient (Wildman–Crippen LogP) is -0.172. The summed E-state index contributed by atoms with van der Waals surface area (Å²) in [4.78, 5) is 49.0. The molecule has 3 N–H and O–H groups in total. The number of aromatic nitrogens is 2. The molecule has 0 saturated carbocycles. The summed E-state index contributed by atoms with van der Waals surface area (Å²) >= 11 is 0. The van der Waals surface area contributed by atoms with Crippen LogP contribution in [0.5, 0.6) is 0 Å². The van der Waals surface area contributed by atoms with Crippen LogP contribution in [0.15, 0.2) is 6.20 Å². The Bertz CT molecular complexity index is 869. The van der Waals surface area contributed by atoms with Gasteiger partial charge >= 0.3 is 18.2 Å². The number of amides is 4. The van der Waals surface area contributed by atoms with Crippen LogP contribution in [0.2, 0.25) is 0 Å². The molecule has 2 aliphatic heterocycles. The summed E-state index contributed by atoms with van der Waals surface area (Å²) < 4.78 is 38.1. The second-order valence-electron chi connectivity index (χ2n) is 6.76. The van der Waals surface area contributed by atoms with Gasteiger partial charge < -0.3 is 10.0 Å². The van der Waals surface area contributed by atoms with Gasteiger partial charge in [-0.15, -0.1) is 0 Å². The van der Waals surface area contributed by atoms with E-state index < -0.39 is 35.9 Å². The highest BCUT2D eigenvalue weighted by Crippen LogP contribution is 2.31. The fraction of sp³-hybridized carbons (Fsp3) is 0.533. The largest absolute Gasteiger partial charge is 0.472 e. The number of anilines is 1. The lowest BCUT2D eigenvalue weighted by molar-refractivity contribution is -0.175. The molecule has 0 bridgehead atoms. The average molecular weight is 418 g/mol. The number of nitrogens with one attached hydrogen (secondary N) is 2. The van der Waals surface area contributed by atoms with E-state index in [0.29, 0.717) is 11.4 Å². The molecule has 1 aromatic heterocycles. The maximum Gasteiger partial charge on any atom is 0.472 e. The molecule has 29 heavy (non-hydrogen) atoms. The van der Waals surface area contributed by atoms with Crippen LogP contribution in [-0.2, 0) is 27.5 Å². The molecule has 11 nitrogen and oxygen atoms in total. The van der Waals surface area contributed by atoms with Crippen LogP contribution in [0.3, 0.4) is 0 Å². The van der Waals surface area contributed by atoms with Crippen LogP contribution in [-0.4, -0.2) is 62.4 Å². The first-order valence-corrected chi connectivity index (χ1v) is 8.50. The Kier molecular flexibility index (Phi) is 5.11. The normalized spacial score (nSPS) is 21.7. The average Bonchev–Trinajstić information content (AvgIpc) is 3.20. The van der Waals surface area contributed by atoms with Crippen molar-refractivity contribution in [2.24, 2.45) is 5.92 Å². The highest BCUT2D eigenvalue weighted by Gasteiger charge is 2.41. The molecule has 0 spiro atoms. The van der Waals surface area contributed by atoms with E-state index >= 15 is 0 Å². The molecular weight excluding hydrogens is 401 g/mol. The molecule has 1 aromatic rings. The zero-order chi connectivity index (χ0) is 21.5. The van der Waals surface area contributed by atoms with Crippen LogP contribution >= 0.6 is 0 Å². The topological polar surface area (TPSA) is 137 Å². The third-order valence-electron chi connectivity index (χ3n) is 4.80. The SMILES string of the molecule is C[C@H]1Cn2ncc(N3CC(C(=O)NNC(=O)C(F)(F)F)CC3=O)c2CN1C(=O)O. The van der Waals surface area contributed by atoms with E-state index in [1.54, 1.807) is 17.0 Å². The molecule has 3 rings (SSSR count). The molecule has 14 heteroatoms. The van der Waals surface area contributed by atoms with E-state index in [9.17, 15) is 37.5 Å². The summed E-state index contributed by atoms with van der Waals surface area (Å²) in [6.07, 6.45) is -5.18. The number of alkyl halides is 3. The summed E-state index contributed by atoms with van der Waals surface area (Å²) in [5, 5.41) is 13.5. The summed E-state index contributed by atoms with van der Waals surface area (Å²) in [7, 11) is 0. The standard InChI is InChI=1S/C15H17F3N6O5/c1-7-4-24-10(6-22(7)14(28)29)9(3-19-24)23-5-8(2-11(23)25)12(26)20-21-13(27)15(16,17)18/h3,7-8H,2,4-6H2,1H3,(H,20,26)(H,21,27)(H,28,29)/t7-,8?/m0/s1. The van der Waals surface area contributed by atoms with Crippen molar-refractivity contribution in [1.82, 2.24) is 25.5 Å². The van der Waals surface area contributed by atoms with Crippen molar-refractivity contribution < 1.29 is 37.5 Å². The number of nitrogens with zero attached hydrogens (tertiary/aromatic N) is 4. The Balaban J connectivity index is 1.70. The first-order chi connectivity index (χ1) is 13.5. The minimum atomic E-state index is -5.16. The smallest absolute Gasteiger partial charge is 0.465 e. The van der Waals surface area contributed by atoms with Gasteiger partial charge in [-0.2, -0.15) is 18.3 Å². The third kappa shape index (κ3) is 3.95. The van der Waals surface area contributed by atoms with Gasteiger partial charge in [-0.25, -0.2) is 4.79 Å². The zero-order valence-electron chi connectivity index (χ0n) is 15.1. The molecule has 0 radical (unpaired) electrons. The van der Waals surface area contributed by atoms with E-state index in [4.69, 9.17) is 0 Å². The van der Waals surface area contributed by atoms with Gasteiger partial charge in [0.1, 0.15) is 0 Å². The quantitative estimate of drug-likeness (QED) is 0.571. The fourth-order valence-corrected chi connectivity index (χ4v) is 3.28.